The van der Waals surface area contributed by atoms with Gasteiger partial charge in [-0.05, 0) is 56.4 Å². The van der Waals surface area contributed by atoms with Crippen LogP contribution in [-0.2, 0) is 6.42 Å². The number of hydrogen-bond acceptors (Lipinski definition) is 2. The van der Waals surface area contributed by atoms with Gasteiger partial charge in [-0.3, -0.25) is 0 Å². The molecule has 0 heterocycles. The van der Waals surface area contributed by atoms with E-state index in [4.69, 9.17) is 17.3 Å². The SMILES string of the molecule is CCC(N)Cc1cc(Cl)ccc1N(CC)C1CCCC1. The van der Waals surface area contributed by atoms with E-state index < -0.39 is 0 Å². The zero-order valence-electron chi connectivity index (χ0n) is 12.7. The molecule has 1 aromatic rings. The van der Waals surface area contributed by atoms with Gasteiger partial charge >= 0.3 is 0 Å². The Hall–Kier alpha value is -0.730. The van der Waals surface area contributed by atoms with Crippen LogP contribution in [0.3, 0.4) is 0 Å². The van der Waals surface area contributed by atoms with Gasteiger partial charge in [0.25, 0.3) is 0 Å². The van der Waals surface area contributed by atoms with E-state index in [2.05, 4.69) is 30.9 Å². The van der Waals surface area contributed by atoms with Crippen molar-refractivity contribution in [2.45, 2.75) is 64.5 Å². The maximum absolute atomic E-state index is 6.19. The molecule has 0 bridgehead atoms. The highest BCUT2D eigenvalue weighted by atomic mass is 35.5. The highest BCUT2D eigenvalue weighted by molar-refractivity contribution is 6.30. The van der Waals surface area contributed by atoms with Crippen LogP contribution in [0.15, 0.2) is 18.2 Å². The first-order chi connectivity index (χ1) is 9.65. The molecule has 3 heteroatoms. The molecule has 0 radical (unpaired) electrons. The highest BCUT2D eigenvalue weighted by Crippen LogP contribution is 2.32. The molecule has 1 aliphatic carbocycles. The molecule has 0 amide bonds. The van der Waals surface area contributed by atoms with Crippen LogP contribution in [0.4, 0.5) is 5.69 Å². The van der Waals surface area contributed by atoms with Crippen molar-refractivity contribution in [1.82, 2.24) is 0 Å². The predicted octanol–water partition coefficient (Wildman–Crippen LogP) is 4.39. The number of hydrogen-bond donors (Lipinski definition) is 1. The summed E-state index contributed by atoms with van der Waals surface area (Å²) in [6.07, 6.45) is 7.26. The van der Waals surface area contributed by atoms with Crippen molar-refractivity contribution < 1.29 is 0 Å². The van der Waals surface area contributed by atoms with E-state index in [1.807, 2.05) is 6.07 Å². The van der Waals surface area contributed by atoms with Gasteiger partial charge in [-0.2, -0.15) is 0 Å². The lowest BCUT2D eigenvalue weighted by atomic mass is 10.0. The number of halogens is 1. The Bertz CT molecular complexity index is 427. The molecular formula is C17H27ClN2. The number of nitrogens with two attached hydrogens (primary N) is 1. The van der Waals surface area contributed by atoms with Crippen LogP contribution in [0.25, 0.3) is 0 Å². The normalized spacial score (nSPS) is 17.4. The molecule has 2 N–H and O–H groups in total. The van der Waals surface area contributed by atoms with Gasteiger partial charge in [-0.25, -0.2) is 0 Å². The van der Waals surface area contributed by atoms with E-state index in [0.29, 0.717) is 6.04 Å². The van der Waals surface area contributed by atoms with Gasteiger partial charge in [-0.1, -0.05) is 31.4 Å². The van der Waals surface area contributed by atoms with Gasteiger partial charge in [0.1, 0.15) is 0 Å². The van der Waals surface area contributed by atoms with Crippen molar-refractivity contribution in [3.8, 4) is 0 Å². The zero-order valence-corrected chi connectivity index (χ0v) is 13.5. The van der Waals surface area contributed by atoms with Crippen molar-refractivity contribution in [2.24, 2.45) is 5.73 Å². The largest absolute Gasteiger partial charge is 0.369 e. The number of anilines is 1. The van der Waals surface area contributed by atoms with Gasteiger partial charge in [0.2, 0.25) is 0 Å². The van der Waals surface area contributed by atoms with E-state index in [1.54, 1.807) is 0 Å². The molecule has 1 aliphatic rings. The Morgan fingerprint density at radius 1 is 1.30 bits per heavy atom. The maximum atomic E-state index is 6.19. The first kappa shape index (κ1) is 15.7. The first-order valence-electron chi connectivity index (χ1n) is 7.96. The van der Waals surface area contributed by atoms with Crippen molar-refractivity contribution in [3.05, 3.63) is 28.8 Å². The van der Waals surface area contributed by atoms with E-state index in [9.17, 15) is 0 Å². The summed E-state index contributed by atoms with van der Waals surface area (Å²) in [7, 11) is 0. The second kappa shape index (κ2) is 7.33. The molecule has 112 valence electrons. The standard InChI is InChI=1S/C17H27ClN2/c1-3-15(19)12-13-11-14(18)9-10-17(13)20(4-2)16-7-5-6-8-16/h9-11,15-16H,3-8,12,19H2,1-2H3. The summed E-state index contributed by atoms with van der Waals surface area (Å²) in [6.45, 7) is 5.45. The Labute approximate surface area is 128 Å². The molecule has 1 saturated carbocycles. The second-order valence-corrected chi connectivity index (χ2v) is 6.31. The first-order valence-corrected chi connectivity index (χ1v) is 8.34. The summed E-state index contributed by atoms with van der Waals surface area (Å²) in [5, 5.41) is 0.814. The summed E-state index contributed by atoms with van der Waals surface area (Å²) in [5.41, 5.74) is 8.80. The quantitative estimate of drug-likeness (QED) is 0.843. The number of benzene rings is 1. The van der Waals surface area contributed by atoms with Crippen LogP contribution in [-0.4, -0.2) is 18.6 Å². The topological polar surface area (TPSA) is 29.3 Å². The van der Waals surface area contributed by atoms with Crippen LogP contribution in [0.1, 0.15) is 51.5 Å². The Kier molecular flexibility index (Phi) is 5.74. The van der Waals surface area contributed by atoms with Gasteiger partial charge < -0.3 is 10.6 Å². The average Bonchev–Trinajstić information content (AvgIpc) is 2.95. The average molecular weight is 295 g/mol. The molecule has 1 atom stereocenters. The Morgan fingerprint density at radius 2 is 2.00 bits per heavy atom. The lowest BCUT2D eigenvalue weighted by Crippen LogP contribution is -2.34. The zero-order chi connectivity index (χ0) is 14.5. The lowest BCUT2D eigenvalue weighted by Gasteiger charge is -2.32. The molecule has 1 fully saturated rings. The molecule has 20 heavy (non-hydrogen) atoms. The molecular weight excluding hydrogens is 268 g/mol. The van der Waals surface area contributed by atoms with Crippen molar-refractivity contribution >= 4 is 17.3 Å². The molecule has 0 aliphatic heterocycles. The van der Waals surface area contributed by atoms with Gasteiger partial charge in [0.15, 0.2) is 0 Å². The van der Waals surface area contributed by atoms with E-state index in [-0.39, 0.29) is 6.04 Å². The molecule has 2 nitrogen and oxygen atoms in total. The fourth-order valence-electron chi connectivity index (χ4n) is 3.27. The van der Waals surface area contributed by atoms with Crippen LogP contribution < -0.4 is 10.6 Å². The van der Waals surface area contributed by atoms with E-state index in [1.165, 1.54) is 36.9 Å². The summed E-state index contributed by atoms with van der Waals surface area (Å²) < 4.78 is 0. The Balaban J connectivity index is 2.27. The third-order valence-electron chi connectivity index (χ3n) is 4.46. The summed E-state index contributed by atoms with van der Waals surface area (Å²) >= 11 is 6.19. The van der Waals surface area contributed by atoms with Crippen molar-refractivity contribution in [1.29, 1.82) is 0 Å². The molecule has 2 rings (SSSR count). The highest BCUT2D eigenvalue weighted by Gasteiger charge is 2.23. The van der Waals surface area contributed by atoms with Crippen LogP contribution in [0.2, 0.25) is 5.02 Å². The minimum atomic E-state index is 0.217. The van der Waals surface area contributed by atoms with E-state index >= 15 is 0 Å². The fourth-order valence-corrected chi connectivity index (χ4v) is 3.46. The minimum absolute atomic E-state index is 0.217. The van der Waals surface area contributed by atoms with Crippen LogP contribution >= 0.6 is 11.6 Å². The lowest BCUT2D eigenvalue weighted by molar-refractivity contribution is 0.608. The molecule has 1 unspecified atom stereocenters. The van der Waals surface area contributed by atoms with E-state index in [0.717, 1.165) is 24.4 Å². The second-order valence-electron chi connectivity index (χ2n) is 5.87. The van der Waals surface area contributed by atoms with Crippen molar-refractivity contribution in [3.63, 3.8) is 0 Å². The molecule has 0 saturated heterocycles. The summed E-state index contributed by atoms with van der Waals surface area (Å²) in [4.78, 5) is 2.56. The van der Waals surface area contributed by atoms with Gasteiger partial charge in [-0.15, -0.1) is 0 Å². The van der Waals surface area contributed by atoms with Gasteiger partial charge in [0.05, 0.1) is 0 Å². The summed E-state index contributed by atoms with van der Waals surface area (Å²) in [6, 6.07) is 7.20. The third kappa shape index (κ3) is 3.67. The van der Waals surface area contributed by atoms with Gasteiger partial charge in [0, 0.05) is 29.3 Å². The predicted molar refractivity (Wildman–Crippen MR) is 88.7 cm³/mol. The number of nitrogens with zero attached hydrogens (tertiary/aromatic N) is 1. The third-order valence-corrected chi connectivity index (χ3v) is 4.70. The number of rotatable bonds is 6. The van der Waals surface area contributed by atoms with Crippen LogP contribution in [0.5, 0.6) is 0 Å². The molecule has 0 aromatic heterocycles. The Morgan fingerprint density at radius 3 is 2.60 bits per heavy atom. The molecule has 0 spiro atoms. The molecule has 1 aromatic carbocycles. The monoisotopic (exact) mass is 294 g/mol. The minimum Gasteiger partial charge on any atom is -0.369 e. The van der Waals surface area contributed by atoms with Crippen LogP contribution in [0, 0.1) is 0 Å². The smallest absolute Gasteiger partial charge is 0.0410 e. The fraction of sp³-hybridized carbons (Fsp3) is 0.647. The maximum Gasteiger partial charge on any atom is 0.0410 e. The summed E-state index contributed by atoms with van der Waals surface area (Å²) in [5.74, 6) is 0. The van der Waals surface area contributed by atoms with Crippen molar-refractivity contribution in [2.75, 3.05) is 11.4 Å².